The molecule has 0 spiro atoms. The Morgan fingerprint density at radius 2 is 1.95 bits per heavy atom. The number of fused-ring (bicyclic) bond motifs is 1. The Balaban J connectivity index is 1.63. The molecule has 0 atom stereocenters. The smallest absolute Gasteiger partial charge is 0.411 e. The highest BCUT2D eigenvalue weighted by Crippen LogP contribution is 2.23. The molecule has 112 valence electrons. The number of carbonyl (C=O) groups is 1. The minimum Gasteiger partial charge on any atom is -0.459 e. The number of rotatable bonds is 4. The zero-order valence-corrected chi connectivity index (χ0v) is 11.8. The second kappa shape index (κ2) is 6.32. The van der Waals surface area contributed by atoms with Crippen molar-refractivity contribution in [3.05, 3.63) is 65.9 Å². The second-order valence-corrected chi connectivity index (χ2v) is 4.81. The maximum atomic E-state index is 11.8. The molecule has 3 aromatic rings. The highest BCUT2D eigenvalue weighted by Gasteiger charge is 2.07. The van der Waals surface area contributed by atoms with Crippen LogP contribution in [0.15, 0.2) is 59.0 Å². The maximum absolute atomic E-state index is 11.8. The molecule has 5 nitrogen and oxygen atoms in total. The van der Waals surface area contributed by atoms with Gasteiger partial charge in [0.15, 0.2) is 0 Å². The van der Waals surface area contributed by atoms with Gasteiger partial charge in [0, 0.05) is 11.1 Å². The van der Waals surface area contributed by atoms with Crippen molar-refractivity contribution in [1.29, 1.82) is 0 Å². The lowest BCUT2D eigenvalue weighted by Gasteiger charge is -2.07. The minimum absolute atomic E-state index is 0.156. The fourth-order valence-electron chi connectivity index (χ4n) is 2.13. The molecule has 0 aliphatic rings. The van der Waals surface area contributed by atoms with Crippen molar-refractivity contribution in [2.24, 2.45) is 0 Å². The molecule has 1 amide bonds. The molecule has 0 aliphatic carbocycles. The number of furan rings is 1. The number of benzene rings is 2. The van der Waals surface area contributed by atoms with Crippen LogP contribution < -0.4 is 5.32 Å². The summed E-state index contributed by atoms with van der Waals surface area (Å²) >= 11 is 0. The largest absolute Gasteiger partial charge is 0.459 e. The normalized spacial score (nSPS) is 10.6. The van der Waals surface area contributed by atoms with Gasteiger partial charge in [0.05, 0.1) is 0 Å². The Bertz CT molecular complexity index is 780. The summed E-state index contributed by atoms with van der Waals surface area (Å²) in [6, 6.07) is 16.4. The number of carbonyl (C=O) groups excluding carboxylic acids is 1. The molecule has 0 saturated heterocycles. The van der Waals surface area contributed by atoms with Crippen LogP contribution in [0.5, 0.6) is 0 Å². The van der Waals surface area contributed by atoms with Crippen LogP contribution in [-0.4, -0.2) is 11.2 Å². The van der Waals surface area contributed by atoms with E-state index in [1.807, 2.05) is 30.3 Å². The van der Waals surface area contributed by atoms with E-state index >= 15 is 0 Å². The molecule has 2 aromatic carbocycles. The van der Waals surface area contributed by atoms with Gasteiger partial charge in [-0.1, -0.05) is 30.3 Å². The van der Waals surface area contributed by atoms with E-state index < -0.39 is 6.09 Å². The third-order valence-electron chi connectivity index (χ3n) is 3.18. The summed E-state index contributed by atoms with van der Waals surface area (Å²) in [5, 5.41) is 12.5. The molecule has 1 heterocycles. The quantitative estimate of drug-likeness (QED) is 0.770. The van der Waals surface area contributed by atoms with Gasteiger partial charge in [-0.05, 0) is 29.8 Å². The molecule has 5 heteroatoms. The van der Waals surface area contributed by atoms with E-state index in [2.05, 4.69) is 5.32 Å². The van der Waals surface area contributed by atoms with Crippen molar-refractivity contribution in [2.45, 2.75) is 13.2 Å². The fourth-order valence-corrected chi connectivity index (χ4v) is 2.13. The zero-order chi connectivity index (χ0) is 15.4. The number of nitrogens with one attached hydrogen (secondary N) is 1. The molecular weight excluding hydrogens is 282 g/mol. The SMILES string of the molecule is O=C(Nc1ccc2oc(CO)cc2c1)OCc1ccccc1. The first-order valence-electron chi connectivity index (χ1n) is 6.85. The number of hydrogen-bond acceptors (Lipinski definition) is 4. The summed E-state index contributed by atoms with van der Waals surface area (Å²) < 4.78 is 10.5. The summed E-state index contributed by atoms with van der Waals surface area (Å²) in [6.45, 7) is 0.0614. The number of hydrogen-bond donors (Lipinski definition) is 2. The monoisotopic (exact) mass is 297 g/mol. The van der Waals surface area contributed by atoms with Crippen LogP contribution in [0.2, 0.25) is 0 Å². The van der Waals surface area contributed by atoms with Gasteiger partial charge >= 0.3 is 6.09 Å². The van der Waals surface area contributed by atoms with Gasteiger partial charge in [-0.2, -0.15) is 0 Å². The van der Waals surface area contributed by atoms with Crippen molar-refractivity contribution in [3.63, 3.8) is 0 Å². The van der Waals surface area contributed by atoms with E-state index in [9.17, 15) is 4.79 Å². The molecular formula is C17H15NO4. The molecule has 22 heavy (non-hydrogen) atoms. The standard InChI is InChI=1S/C17H15NO4/c19-10-15-9-13-8-14(6-7-16(13)22-15)18-17(20)21-11-12-4-2-1-3-5-12/h1-9,19H,10-11H2,(H,18,20). The van der Waals surface area contributed by atoms with Crippen LogP contribution in [0.1, 0.15) is 11.3 Å². The van der Waals surface area contributed by atoms with Crippen LogP contribution in [0.25, 0.3) is 11.0 Å². The van der Waals surface area contributed by atoms with Gasteiger partial charge in [0.25, 0.3) is 0 Å². The zero-order valence-electron chi connectivity index (χ0n) is 11.8. The van der Waals surface area contributed by atoms with Crippen LogP contribution >= 0.6 is 0 Å². The minimum atomic E-state index is -0.519. The third-order valence-corrected chi connectivity index (χ3v) is 3.18. The Morgan fingerprint density at radius 3 is 2.73 bits per heavy atom. The molecule has 0 bridgehead atoms. The van der Waals surface area contributed by atoms with Gasteiger partial charge in [0.1, 0.15) is 24.6 Å². The van der Waals surface area contributed by atoms with E-state index in [1.165, 1.54) is 0 Å². The van der Waals surface area contributed by atoms with Gasteiger partial charge < -0.3 is 14.3 Å². The Kier molecular flexibility index (Phi) is 4.07. The van der Waals surface area contributed by atoms with Crippen LogP contribution in [-0.2, 0) is 18.0 Å². The summed E-state index contributed by atoms with van der Waals surface area (Å²) in [5.41, 5.74) is 2.19. The van der Waals surface area contributed by atoms with Crippen LogP contribution in [0.3, 0.4) is 0 Å². The predicted octanol–water partition coefficient (Wildman–Crippen LogP) is 3.67. The summed E-state index contributed by atoms with van der Waals surface area (Å²) in [5.74, 6) is 0.485. The lowest BCUT2D eigenvalue weighted by molar-refractivity contribution is 0.155. The Labute approximate surface area is 127 Å². The van der Waals surface area contributed by atoms with Crippen molar-refractivity contribution in [2.75, 3.05) is 5.32 Å². The molecule has 1 aromatic heterocycles. The van der Waals surface area contributed by atoms with Crippen LogP contribution in [0, 0.1) is 0 Å². The van der Waals surface area contributed by atoms with Gasteiger partial charge in [0.2, 0.25) is 0 Å². The fraction of sp³-hybridized carbons (Fsp3) is 0.118. The summed E-state index contributed by atoms with van der Waals surface area (Å²) in [7, 11) is 0. The molecule has 0 saturated carbocycles. The van der Waals surface area contributed by atoms with E-state index in [4.69, 9.17) is 14.3 Å². The van der Waals surface area contributed by atoms with Crippen molar-refractivity contribution >= 4 is 22.7 Å². The highest BCUT2D eigenvalue weighted by molar-refractivity contribution is 5.89. The molecule has 0 aliphatic heterocycles. The first kappa shape index (κ1) is 14.2. The summed E-state index contributed by atoms with van der Waals surface area (Å²) in [6.07, 6.45) is -0.519. The van der Waals surface area contributed by atoms with E-state index in [-0.39, 0.29) is 13.2 Å². The van der Waals surface area contributed by atoms with Crippen molar-refractivity contribution in [3.8, 4) is 0 Å². The van der Waals surface area contributed by atoms with E-state index in [0.29, 0.717) is 17.0 Å². The van der Waals surface area contributed by atoms with E-state index in [1.54, 1.807) is 24.3 Å². The summed E-state index contributed by atoms with van der Waals surface area (Å²) in [4.78, 5) is 11.8. The first-order valence-corrected chi connectivity index (χ1v) is 6.85. The van der Waals surface area contributed by atoms with Gasteiger partial charge in [-0.15, -0.1) is 0 Å². The van der Waals surface area contributed by atoms with Crippen LogP contribution in [0.4, 0.5) is 10.5 Å². The number of amides is 1. The van der Waals surface area contributed by atoms with Crippen molar-refractivity contribution in [1.82, 2.24) is 0 Å². The number of anilines is 1. The first-order chi connectivity index (χ1) is 10.7. The molecule has 0 radical (unpaired) electrons. The molecule has 3 rings (SSSR count). The third kappa shape index (κ3) is 3.27. The lowest BCUT2D eigenvalue weighted by atomic mass is 10.2. The number of ether oxygens (including phenoxy) is 1. The maximum Gasteiger partial charge on any atom is 0.411 e. The average molecular weight is 297 g/mol. The number of aliphatic hydroxyl groups is 1. The molecule has 2 N–H and O–H groups in total. The number of aliphatic hydroxyl groups excluding tert-OH is 1. The topological polar surface area (TPSA) is 71.7 Å². The second-order valence-electron chi connectivity index (χ2n) is 4.81. The Hall–Kier alpha value is -2.79. The van der Waals surface area contributed by atoms with Crippen molar-refractivity contribution < 1.29 is 19.1 Å². The Morgan fingerprint density at radius 1 is 1.14 bits per heavy atom. The molecule has 0 fully saturated rings. The van der Waals surface area contributed by atoms with E-state index in [0.717, 1.165) is 10.9 Å². The average Bonchev–Trinajstić information content (AvgIpc) is 2.96. The lowest BCUT2D eigenvalue weighted by Crippen LogP contribution is -2.13. The predicted molar refractivity (Wildman–Crippen MR) is 82.4 cm³/mol. The van der Waals surface area contributed by atoms with Gasteiger partial charge in [-0.3, -0.25) is 5.32 Å². The highest BCUT2D eigenvalue weighted by atomic mass is 16.5. The van der Waals surface area contributed by atoms with Gasteiger partial charge in [-0.25, -0.2) is 4.79 Å². The molecule has 0 unspecified atom stereocenters.